The van der Waals surface area contributed by atoms with Crippen molar-refractivity contribution in [1.29, 1.82) is 0 Å². The average molecular weight is 254 g/mol. The summed E-state index contributed by atoms with van der Waals surface area (Å²) in [4.78, 5) is 11.2. The van der Waals surface area contributed by atoms with E-state index < -0.39 is 10.8 Å². The Labute approximate surface area is 105 Å². The molecule has 0 aliphatic heterocycles. The molecule has 0 bridgehead atoms. The van der Waals surface area contributed by atoms with E-state index in [-0.39, 0.29) is 17.1 Å². The molecule has 0 heterocycles. The van der Waals surface area contributed by atoms with Gasteiger partial charge in [-0.25, -0.2) is 0 Å². The molecule has 0 saturated heterocycles. The van der Waals surface area contributed by atoms with Crippen LogP contribution in [0, 0.1) is 5.92 Å². The Hall–Kier alpha value is -1.16. The summed E-state index contributed by atoms with van der Waals surface area (Å²) in [5.41, 5.74) is 1.03. The second-order valence-corrected chi connectivity index (χ2v) is 5.83. The molecule has 4 heteroatoms. The van der Waals surface area contributed by atoms with Crippen molar-refractivity contribution in [2.75, 3.05) is 12.9 Å². The van der Waals surface area contributed by atoms with Crippen LogP contribution < -0.4 is 0 Å². The van der Waals surface area contributed by atoms with Gasteiger partial charge in [-0.3, -0.25) is 9.00 Å². The first-order chi connectivity index (χ1) is 8.06. The molecule has 1 aromatic carbocycles. The molecular weight excluding hydrogens is 236 g/mol. The zero-order valence-corrected chi connectivity index (χ0v) is 11.2. The predicted molar refractivity (Wildman–Crippen MR) is 69.0 cm³/mol. The van der Waals surface area contributed by atoms with Crippen molar-refractivity contribution in [3.8, 4) is 0 Å². The molecular formula is C13H18O3S. The molecule has 94 valence electrons. The van der Waals surface area contributed by atoms with Crippen LogP contribution in [0.5, 0.6) is 0 Å². The van der Waals surface area contributed by atoms with E-state index >= 15 is 0 Å². The Morgan fingerprint density at radius 1 is 1.29 bits per heavy atom. The second kappa shape index (κ2) is 6.55. The standard InChI is InChI=1S/C13H18O3S/c1-10(13(14)16-3)9-17(15)11(2)12-7-5-4-6-8-12/h4-8,10-11H,9H2,1-3H3. The Morgan fingerprint density at radius 3 is 2.41 bits per heavy atom. The summed E-state index contributed by atoms with van der Waals surface area (Å²) in [5.74, 6) is -0.298. The molecule has 1 aromatic rings. The minimum Gasteiger partial charge on any atom is -0.469 e. The van der Waals surface area contributed by atoms with Crippen molar-refractivity contribution in [3.63, 3.8) is 0 Å². The van der Waals surface area contributed by atoms with Crippen LogP contribution in [0.25, 0.3) is 0 Å². The lowest BCUT2D eigenvalue weighted by molar-refractivity contribution is -0.144. The normalized spacial score (nSPS) is 15.9. The number of hydrogen-bond donors (Lipinski definition) is 0. The van der Waals surface area contributed by atoms with Crippen molar-refractivity contribution in [2.45, 2.75) is 19.1 Å². The third kappa shape index (κ3) is 3.97. The highest BCUT2D eigenvalue weighted by molar-refractivity contribution is 7.85. The molecule has 3 atom stereocenters. The highest BCUT2D eigenvalue weighted by Gasteiger charge is 2.20. The monoisotopic (exact) mass is 254 g/mol. The van der Waals surface area contributed by atoms with E-state index in [9.17, 15) is 9.00 Å². The maximum absolute atomic E-state index is 12.1. The van der Waals surface area contributed by atoms with Crippen molar-refractivity contribution in [2.24, 2.45) is 5.92 Å². The summed E-state index contributed by atoms with van der Waals surface area (Å²) < 4.78 is 16.7. The SMILES string of the molecule is COC(=O)C(C)CS(=O)C(C)c1ccccc1. The molecule has 0 N–H and O–H groups in total. The van der Waals surface area contributed by atoms with Gasteiger partial charge in [-0.1, -0.05) is 37.3 Å². The van der Waals surface area contributed by atoms with E-state index in [0.29, 0.717) is 5.75 Å². The van der Waals surface area contributed by atoms with E-state index in [0.717, 1.165) is 5.56 Å². The van der Waals surface area contributed by atoms with E-state index in [1.165, 1.54) is 7.11 Å². The molecule has 0 aromatic heterocycles. The van der Waals surface area contributed by atoms with Crippen LogP contribution in [0.4, 0.5) is 0 Å². The Bertz CT molecular complexity index is 389. The van der Waals surface area contributed by atoms with Crippen molar-refractivity contribution in [3.05, 3.63) is 35.9 Å². The van der Waals surface area contributed by atoms with Gasteiger partial charge in [0.1, 0.15) is 0 Å². The van der Waals surface area contributed by atoms with Crippen LogP contribution in [-0.4, -0.2) is 23.0 Å². The van der Waals surface area contributed by atoms with Gasteiger partial charge in [0.05, 0.1) is 18.3 Å². The maximum atomic E-state index is 12.1. The largest absolute Gasteiger partial charge is 0.469 e. The van der Waals surface area contributed by atoms with E-state index in [4.69, 9.17) is 0 Å². The molecule has 0 aliphatic carbocycles. The third-order valence-electron chi connectivity index (χ3n) is 2.68. The molecule has 1 rings (SSSR count). The molecule has 0 amide bonds. The van der Waals surface area contributed by atoms with Crippen LogP contribution in [0.15, 0.2) is 30.3 Å². The van der Waals surface area contributed by atoms with Crippen LogP contribution in [0.2, 0.25) is 0 Å². The van der Waals surface area contributed by atoms with E-state index in [1.54, 1.807) is 6.92 Å². The Balaban J connectivity index is 2.62. The van der Waals surface area contributed by atoms with Crippen molar-refractivity contribution in [1.82, 2.24) is 0 Å². The predicted octanol–water partition coefficient (Wildman–Crippen LogP) is 2.31. The molecule has 0 radical (unpaired) electrons. The van der Waals surface area contributed by atoms with Crippen LogP contribution in [0.3, 0.4) is 0 Å². The highest BCUT2D eigenvalue weighted by atomic mass is 32.2. The number of ether oxygens (including phenoxy) is 1. The summed E-state index contributed by atoms with van der Waals surface area (Å²) >= 11 is 0. The number of esters is 1. The number of carbonyl (C=O) groups excluding carboxylic acids is 1. The number of hydrogen-bond acceptors (Lipinski definition) is 3. The first kappa shape index (κ1) is 13.9. The minimum absolute atomic E-state index is 0.0664. The molecule has 0 saturated carbocycles. The first-order valence-electron chi connectivity index (χ1n) is 5.56. The van der Waals surface area contributed by atoms with Gasteiger partial charge in [-0.15, -0.1) is 0 Å². The van der Waals surface area contributed by atoms with Gasteiger partial charge in [0.2, 0.25) is 0 Å². The Kier molecular flexibility index (Phi) is 5.35. The molecule has 0 aliphatic rings. The van der Waals surface area contributed by atoms with Crippen LogP contribution >= 0.6 is 0 Å². The van der Waals surface area contributed by atoms with Crippen molar-refractivity contribution < 1.29 is 13.7 Å². The van der Waals surface area contributed by atoms with E-state index in [1.807, 2.05) is 37.3 Å². The fraction of sp³-hybridized carbons (Fsp3) is 0.462. The zero-order valence-electron chi connectivity index (χ0n) is 10.4. The van der Waals surface area contributed by atoms with E-state index in [2.05, 4.69) is 4.74 Å². The Morgan fingerprint density at radius 2 is 1.88 bits per heavy atom. The summed E-state index contributed by atoms with van der Waals surface area (Å²) in [6.07, 6.45) is 0. The van der Waals surface area contributed by atoms with Gasteiger partial charge in [0.15, 0.2) is 0 Å². The van der Waals surface area contributed by atoms with Crippen LogP contribution in [-0.2, 0) is 20.3 Å². The number of carbonyl (C=O) groups is 1. The van der Waals surface area contributed by atoms with Gasteiger partial charge in [0, 0.05) is 16.6 Å². The van der Waals surface area contributed by atoms with Crippen LogP contribution in [0.1, 0.15) is 24.7 Å². The lowest BCUT2D eigenvalue weighted by Crippen LogP contribution is -2.21. The lowest BCUT2D eigenvalue weighted by Gasteiger charge is -2.14. The van der Waals surface area contributed by atoms with Gasteiger partial charge in [-0.2, -0.15) is 0 Å². The average Bonchev–Trinajstić information content (AvgIpc) is 2.37. The molecule has 3 unspecified atom stereocenters. The summed E-state index contributed by atoms with van der Waals surface area (Å²) in [6.45, 7) is 3.65. The first-order valence-corrected chi connectivity index (χ1v) is 6.94. The summed E-state index contributed by atoms with van der Waals surface area (Å²) in [7, 11) is 0.281. The molecule has 0 spiro atoms. The number of benzene rings is 1. The number of methoxy groups -OCH3 is 1. The van der Waals surface area contributed by atoms with Gasteiger partial charge >= 0.3 is 5.97 Å². The maximum Gasteiger partial charge on any atom is 0.309 e. The summed E-state index contributed by atoms with van der Waals surface area (Å²) in [5, 5.41) is -0.0664. The quantitative estimate of drug-likeness (QED) is 0.757. The number of rotatable bonds is 5. The highest BCUT2D eigenvalue weighted by Crippen LogP contribution is 2.20. The fourth-order valence-electron chi connectivity index (χ4n) is 1.54. The lowest BCUT2D eigenvalue weighted by atomic mass is 10.2. The topological polar surface area (TPSA) is 43.4 Å². The van der Waals surface area contributed by atoms with Gasteiger partial charge in [-0.05, 0) is 12.5 Å². The molecule has 0 fully saturated rings. The minimum atomic E-state index is -1.07. The van der Waals surface area contributed by atoms with Gasteiger partial charge < -0.3 is 4.74 Å². The third-order valence-corrected chi connectivity index (χ3v) is 4.57. The molecule has 3 nitrogen and oxygen atoms in total. The molecule has 17 heavy (non-hydrogen) atoms. The second-order valence-electron chi connectivity index (χ2n) is 4.02. The zero-order chi connectivity index (χ0) is 12.8. The summed E-state index contributed by atoms with van der Waals surface area (Å²) in [6, 6.07) is 9.67. The fourth-order valence-corrected chi connectivity index (χ4v) is 2.91. The van der Waals surface area contributed by atoms with Crippen molar-refractivity contribution >= 4 is 16.8 Å². The van der Waals surface area contributed by atoms with Gasteiger partial charge in [0.25, 0.3) is 0 Å². The smallest absolute Gasteiger partial charge is 0.309 e.